The molecule has 0 bridgehead atoms. The molecule has 0 aromatic rings. The van der Waals surface area contributed by atoms with Gasteiger partial charge in [0.1, 0.15) is 0 Å². The molecule has 0 atom stereocenters. The maximum Gasteiger partial charge on any atom is 3.00 e. The van der Waals surface area contributed by atoms with Crippen molar-refractivity contribution in [3.8, 4) is 0 Å². The summed E-state index contributed by atoms with van der Waals surface area (Å²) in [5.41, 5.74) is 0. The van der Waals surface area contributed by atoms with Crippen LogP contribution >= 0.6 is 21.4 Å². The average molecular weight is 1010 g/mol. The molecule has 0 heterocycles. The van der Waals surface area contributed by atoms with Gasteiger partial charge >= 0.3 is 36.9 Å². The van der Waals surface area contributed by atoms with Crippen LogP contribution in [0.15, 0.2) is 0 Å². The van der Waals surface area contributed by atoms with Gasteiger partial charge in [0.05, 0.1) is 36.7 Å². The van der Waals surface area contributed by atoms with Crippen molar-refractivity contribution in [1.82, 2.24) is 0 Å². The van der Waals surface area contributed by atoms with Crippen LogP contribution in [0.4, 0.5) is 0 Å². The number of hydrogen-bond donors (Lipinski definition) is 0. The summed E-state index contributed by atoms with van der Waals surface area (Å²) in [4.78, 5) is 24.8. The SMILES string of the molecule is CC(C)CP(=O)(CC(C)C)CC(C)C.CC(C)CP(=O)(CC(C)C)CC(C)C.CC(C)CP(=O)(CC(C)C)CC(C)C.O=[N+]([O-])[O-].O=[N+]([O-])[O-].O=[N+]([O-])[O-].[Tm+3]. The molecule has 0 saturated carbocycles. The van der Waals surface area contributed by atoms with E-state index in [4.69, 9.17) is 46.0 Å². The largest absolute Gasteiger partial charge is 3.00 e. The molecule has 19 heteroatoms. The van der Waals surface area contributed by atoms with Crippen molar-refractivity contribution in [2.75, 3.05) is 55.5 Å². The maximum absolute atomic E-state index is 12.6. The van der Waals surface area contributed by atoms with Gasteiger partial charge in [-0.1, -0.05) is 125 Å². The second kappa shape index (κ2) is 37.8. The van der Waals surface area contributed by atoms with E-state index in [9.17, 15) is 13.7 Å². The Labute approximate surface area is 364 Å². The average Bonchev–Trinajstić information content (AvgIpc) is 2.77. The van der Waals surface area contributed by atoms with Crippen LogP contribution in [0, 0.1) is 136 Å². The minimum Gasteiger partial charge on any atom is -0.356 e. The van der Waals surface area contributed by atoms with Gasteiger partial charge in [0.15, 0.2) is 0 Å². The molecule has 55 heavy (non-hydrogen) atoms. The van der Waals surface area contributed by atoms with Crippen LogP contribution in [0.25, 0.3) is 0 Å². The van der Waals surface area contributed by atoms with Crippen LogP contribution in [0.1, 0.15) is 125 Å². The summed E-state index contributed by atoms with van der Waals surface area (Å²) < 4.78 is 37.9. The molecule has 0 spiro atoms. The Morgan fingerprint density at radius 1 is 0.291 bits per heavy atom. The Morgan fingerprint density at radius 2 is 0.345 bits per heavy atom. The zero-order valence-corrected chi connectivity index (χ0v) is 41.9. The Balaban J connectivity index is -0.000000108. The molecule has 0 fully saturated rings. The van der Waals surface area contributed by atoms with Crippen molar-refractivity contribution in [1.29, 1.82) is 0 Å². The molecule has 0 N–H and O–H groups in total. The topological polar surface area (TPSA) is 250 Å². The van der Waals surface area contributed by atoms with Gasteiger partial charge < -0.3 is 59.7 Å². The fourth-order valence-corrected chi connectivity index (χ4v) is 20.0. The Kier molecular flexibility index (Phi) is 47.5. The minimum absolute atomic E-state index is 0. The van der Waals surface area contributed by atoms with Crippen LogP contribution in [-0.4, -0.2) is 70.7 Å². The van der Waals surface area contributed by atoms with Crippen molar-refractivity contribution in [2.45, 2.75) is 125 Å². The van der Waals surface area contributed by atoms with E-state index in [0.29, 0.717) is 53.3 Å². The van der Waals surface area contributed by atoms with Crippen molar-refractivity contribution in [3.63, 3.8) is 0 Å². The van der Waals surface area contributed by atoms with E-state index in [1.807, 2.05) is 0 Å². The van der Waals surface area contributed by atoms with Gasteiger partial charge in [-0.15, -0.1) is 0 Å². The molecule has 15 nitrogen and oxygen atoms in total. The molecule has 0 aromatic heterocycles. The van der Waals surface area contributed by atoms with E-state index < -0.39 is 36.7 Å². The van der Waals surface area contributed by atoms with Gasteiger partial charge in [-0.3, -0.25) is 0 Å². The first-order valence-corrected chi connectivity index (χ1v) is 25.9. The third kappa shape index (κ3) is 71.7. The first-order valence-electron chi connectivity index (χ1n) is 19.1. The van der Waals surface area contributed by atoms with Gasteiger partial charge in [0, 0.05) is 55.5 Å². The molecule has 0 amide bonds. The Morgan fingerprint density at radius 3 is 0.382 bits per heavy atom. The number of rotatable bonds is 18. The summed E-state index contributed by atoms with van der Waals surface area (Å²) in [7, 11) is -5.66. The van der Waals surface area contributed by atoms with Crippen molar-refractivity contribution in [2.24, 2.45) is 53.3 Å². The molecule has 340 valence electrons. The molecular weight excluding hydrogens is 928 g/mol. The molecule has 0 unspecified atom stereocenters. The van der Waals surface area contributed by atoms with Gasteiger partial charge in [-0.25, -0.2) is 0 Å². The first kappa shape index (κ1) is 69.2. The summed E-state index contributed by atoms with van der Waals surface area (Å²) in [6.45, 7) is 39.1. The van der Waals surface area contributed by atoms with Crippen LogP contribution in [0.3, 0.4) is 0 Å². The van der Waals surface area contributed by atoms with E-state index in [-0.39, 0.29) is 36.9 Å². The molecule has 0 aromatic carbocycles. The summed E-state index contributed by atoms with van der Waals surface area (Å²) in [5.74, 6) is 5.11. The summed E-state index contributed by atoms with van der Waals surface area (Å²) >= 11 is 0. The second-order valence-corrected chi connectivity index (χ2v) is 27.7. The van der Waals surface area contributed by atoms with Crippen molar-refractivity contribution < 1.29 is 65.8 Å². The molecule has 0 aliphatic rings. The zero-order chi connectivity index (χ0) is 44.8. The smallest absolute Gasteiger partial charge is 0.356 e. The number of hydrogen-bond acceptors (Lipinski definition) is 12. The number of nitrogens with zero attached hydrogens (tertiary/aromatic N) is 3. The van der Waals surface area contributed by atoms with Crippen LogP contribution < -0.4 is 0 Å². The predicted octanol–water partition coefficient (Wildman–Crippen LogP) is 12.2. The Bertz CT molecular complexity index is 860. The quantitative estimate of drug-likeness (QED) is 0.0706. The second-order valence-electron chi connectivity index (χ2n) is 18.0. The van der Waals surface area contributed by atoms with Crippen LogP contribution in [-0.2, 0) is 13.7 Å². The monoisotopic (exact) mass is 1010 g/mol. The predicted molar refractivity (Wildman–Crippen MR) is 231 cm³/mol. The minimum atomic E-state index is -1.89. The van der Waals surface area contributed by atoms with Gasteiger partial charge in [-0.05, 0) is 53.3 Å². The van der Waals surface area contributed by atoms with Gasteiger partial charge in [-0.2, -0.15) is 0 Å². The van der Waals surface area contributed by atoms with E-state index in [0.717, 1.165) is 55.5 Å². The van der Waals surface area contributed by atoms with Gasteiger partial charge in [0.25, 0.3) is 0 Å². The normalized spacial score (nSPS) is 11.4. The van der Waals surface area contributed by atoms with E-state index in [1.54, 1.807) is 0 Å². The van der Waals surface area contributed by atoms with E-state index >= 15 is 0 Å². The summed E-state index contributed by atoms with van der Waals surface area (Å²) in [6.07, 6.45) is 8.41. The van der Waals surface area contributed by atoms with Crippen LogP contribution in [0.5, 0.6) is 0 Å². The third-order valence-electron chi connectivity index (χ3n) is 6.28. The molecule has 0 rings (SSSR count). The zero-order valence-electron chi connectivity index (χ0n) is 37.4. The van der Waals surface area contributed by atoms with E-state index in [2.05, 4.69) is 125 Å². The summed E-state index contributed by atoms with van der Waals surface area (Å²) in [5, 5.41) is 44.2. The van der Waals surface area contributed by atoms with Crippen LogP contribution in [0.2, 0.25) is 0 Å². The molecule has 0 aliphatic heterocycles. The molecule has 0 saturated heterocycles. The fraction of sp³-hybridized carbons (Fsp3) is 1.00. The third-order valence-corrected chi connectivity index (χ3v) is 18.8. The standard InChI is InChI=1S/3C12H27OP.3NO3.Tm/c3*1-10(2)7-14(13,8-11(3)4)9-12(5)6;3*2-1(3)4;/h3*10-12H,7-9H2,1-6H3;;;;/q;;;3*-1;+3. The van der Waals surface area contributed by atoms with Crippen molar-refractivity contribution in [3.05, 3.63) is 46.0 Å². The van der Waals surface area contributed by atoms with E-state index in [1.165, 1.54) is 0 Å². The Hall–Kier alpha value is -0.476. The van der Waals surface area contributed by atoms with Gasteiger partial charge in [0.2, 0.25) is 0 Å². The molecule has 0 aliphatic carbocycles. The maximum atomic E-state index is 12.6. The summed E-state index contributed by atoms with van der Waals surface area (Å²) in [6, 6.07) is 0. The van der Waals surface area contributed by atoms with Crippen molar-refractivity contribution >= 4 is 21.4 Å². The molecular formula is C36H81N3O12P3Tm. The first-order chi connectivity index (χ1) is 23.9. The fourth-order valence-electron chi connectivity index (χ4n) is 6.66. The molecule has 0 radical (unpaired) electrons.